The average molecular weight is 420 g/mol. The van der Waals surface area contributed by atoms with E-state index >= 15 is 0 Å². The highest BCUT2D eigenvalue weighted by molar-refractivity contribution is 7.08. The summed E-state index contributed by atoms with van der Waals surface area (Å²) in [6, 6.07) is 9.46. The first-order chi connectivity index (χ1) is 13.6. The minimum atomic E-state index is -0.639. The van der Waals surface area contributed by atoms with Gasteiger partial charge in [0, 0.05) is 18.1 Å². The Bertz CT molecular complexity index is 774. The monoisotopic (exact) mass is 419 g/mol. The molecule has 2 heterocycles. The van der Waals surface area contributed by atoms with Crippen LogP contribution < -0.4 is 10.6 Å². The third-order valence-corrected chi connectivity index (χ3v) is 6.14. The number of hydrogen-bond donors (Lipinski definition) is 2. The lowest BCUT2D eigenvalue weighted by Crippen LogP contribution is -2.44. The van der Waals surface area contributed by atoms with E-state index in [4.69, 9.17) is 11.6 Å². The fourth-order valence-electron chi connectivity index (χ4n) is 3.50. The predicted octanol–water partition coefficient (Wildman–Crippen LogP) is 3.75. The van der Waals surface area contributed by atoms with Crippen molar-refractivity contribution in [2.75, 3.05) is 19.6 Å². The van der Waals surface area contributed by atoms with E-state index in [0.717, 1.165) is 18.7 Å². The van der Waals surface area contributed by atoms with Gasteiger partial charge < -0.3 is 10.6 Å². The molecule has 1 fully saturated rings. The van der Waals surface area contributed by atoms with Crippen molar-refractivity contribution in [3.05, 3.63) is 57.2 Å². The SMILES string of the molecule is O=C(NCc1ccccc1Cl)C(=O)NCC(c1ccsc1)N1CCCCCC1. The minimum absolute atomic E-state index is 0.102. The van der Waals surface area contributed by atoms with Crippen LogP contribution in [0.15, 0.2) is 41.1 Å². The van der Waals surface area contributed by atoms with Gasteiger partial charge >= 0.3 is 11.8 Å². The lowest BCUT2D eigenvalue weighted by atomic mass is 10.1. The van der Waals surface area contributed by atoms with E-state index in [2.05, 4.69) is 32.4 Å². The predicted molar refractivity (Wildman–Crippen MR) is 113 cm³/mol. The highest BCUT2D eigenvalue weighted by atomic mass is 35.5. The van der Waals surface area contributed by atoms with Gasteiger partial charge in [-0.1, -0.05) is 42.6 Å². The number of likely N-dealkylation sites (tertiary alicyclic amines) is 1. The van der Waals surface area contributed by atoms with Gasteiger partial charge in [0.05, 0.1) is 6.04 Å². The summed E-state index contributed by atoms with van der Waals surface area (Å²) in [5.41, 5.74) is 1.98. The van der Waals surface area contributed by atoms with E-state index in [-0.39, 0.29) is 12.6 Å². The molecule has 0 spiro atoms. The molecule has 0 radical (unpaired) electrons. The normalized spacial score (nSPS) is 16.2. The Morgan fingerprint density at radius 2 is 1.75 bits per heavy atom. The third-order valence-electron chi connectivity index (χ3n) is 5.07. The number of carbonyl (C=O) groups is 2. The third kappa shape index (κ3) is 5.80. The summed E-state index contributed by atoms with van der Waals surface area (Å²) in [5, 5.41) is 10.2. The summed E-state index contributed by atoms with van der Waals surface area (Å²) in [7, 11) is 0. The Labute approximate surface area is 175 Å². The van der Waals surface area contributed by atoms with Gasteiger partial charge in [-0.25, -0.2) is 0 Å². The number of nitrogens with one attached hydrogen (secondary N) is 2. The van der Waals surface area contributed by atoms with Crippen LogP contribution in [0.1, 0.15) is 42.9 Å². The lowest BCUT2D eigenvalue weighted by molar-refractivity contribution is -0.139. The van der Waals surface area contributed by atoms with Gasteiger partial charge in [0.2, 0.25) is 0 Å². The van der Waals surface area contributed by atoms with E-state index in [1.807, 2.05) is 18.2 Å². The summed E-state index contributed by atoms with van der Waals surface area (Å²) in [4.78, 5) is 26.9. The second-order valence-corrected chi connectivity index (χ2v) is 8.19. The van der Waals surface area contributed by atoms with Gasteiger partial charge in [-0.3, -0.25) is 14.5 Å². The van der Waals surface area contributed by atoms with Gasteiger partial charge in [0.15, 0.2) is 0 Å². The molecule has 2 aromatic rings. The van der Waals surface area contributed by atoms with Crippen molar-refractivity contribution >= 4 is 34.8 Å². The maximum absolute atomic E-state index is 12.3. The van der Waals surface area contributed by atoms with Gasteiger partial charge in [0.25, 0.3) is 0 Å². The number of halogens is 1. The molecule has 28 heavy (non-hydrogen) atoms. The molecule has 0 aliphatic carbocycles. The first-order valence-electron chi connectivity index (χ1n) is 9.70. The number of benzene rings is 1. The highest BCUT2D eigenvalue weighted by Crippen LogP contribution is 2.25. The molecular formula is C21H26ClN3O2S. The van der Waals surface area contributed by atoms with Crippen molar-refractivity contribution in [3.63, 3.8) is 0 Å². The topological polar surface area (TPSA) is 61.4 Å². The zero-order chi connectivity index (χ0) is 19.8. The Balaban J connectivity index is 1.55. The molecule has 2 amide bonds. The summed E-state index contributed by atoms with van der Waals surface area (Å²) >= 11 is 7.74. The van der Waals surface area contributed by atoms with Crippen molar-refractivity contribution in [2.45, 2.75) is 38.3 Å². The Morgan fingerprint density at radius 3 is 2.43 bits per heavy atom. The van der Waals surface area contributed by atoms with Crippen LogP contribution in [-0.4, -0.2) is 36.3 Å². The highest BCUT2D eigenvalue weighted by Gasteiger charge is 2.24. The van der Waals surface area contributed by atoms with Gasteiger partial charge in [-0.15, -0.1) is 0 Å². The molecule has 5 nitrogen and oxygen atoms in total. The Hall–Kier alpha value is -1.89. The summed E-state index contributed by atoms with van der Waals surface area (Å²) < 4.78 is 0. The maximum atomic E-state index is 12.3. The molecule has 1 aliphatic rings. The van der Waals surface area contributed by atoms with Gasteiger partial charge in [-0.2, -0.15) is 11.3 Å². The fraction of sp³-hybridized carbons (Fsp3) is 0.429. The van der Waals surface area contributed by atoms with E-state index in [1.54, 1.807) is 17.4 Å². The van der Waals surface area contributed by atoms with Crippen LogP contribution in [0.25, 0.3) is 0 Å². The Kier molecular flexibility index (Phi) is 7.89. The van der Waals surface area contributed by atoms with E-state index in [0.29, 0.717) is 11.6 Å². The number of rotatable bonds is 6. The summed E-state index contributed by atoms with van der Waals surface area (Å²) in [6.07, 6.45) is 4.85. The fourth-order valence-corrected chi connectivity index (χ4v) is 4.41. The molecule has 7 heteroatoms. The molecule has 0 saturated carbocycles. The van der Waals surface area contributed by atoms with Crippen molar-refractivity contribution in [1.29, 1.82) is 0 Å². The maximum Gasteiger partial charge on any atom is 0.309 e. The van der Waals surface area contributed by atoms with Crippen molar-refractivity contribution < 1.29 is 9.59 Å². The number of hydrogen-bond acceptors (Lipinski definition) is 4. The summed E-state index contributed by atoms with van der Waals surface area (Å²) in [5.74, 6) is -1.25. The molecule has 3 rings (SSSR count). The molecular weight excluding hydrogens is 394 g/mol. The smallest absolute Gasteiger partial charge is 0.309 e. The van der Waals surface area contributed by atoms with E-state index in [9.17, 15) is 9.59 Å². The second kappa shape index (κ2) is 10.6. The van der Waals surface area contributed by atoms with Crippen molar-refractivity contribution in [1.82, 2.24) is 15.5 Å². The van der Waals surface area contributed by atoms with Crippen LogP contribution in [0.4, 0.5) is 0 Å². The number of carbonyl (C=O) groups excluding carboxylic acids is 2. The molecule has 0 bridgehead atoms. The van der Waals surface area contributed by atoms with Crippen LogP contribution in [0.5, 0.6) is 0 Å². The van der Waals surface area contributed by atoms with E-state index in [1.165, 1.54) is 31.2 Å². The van der Waals surface area contributed by atoms with Gasteiger partial charge in [-0.05, 0) is 60.0 Å². The molecule has 1 atom stereocenters. The van der Waals surface area contributed by atoms with Crippen LogP contribution in [0.3, 0.4) is 0 Å². The van der Waals surface area contributed by atoms with Crippen molar-refractivity contribution in [3.8, 4) is 0 Å². The standard InChI is InChI=1S/C21H26ClN3O2S/c22-18-8-4-3-7-16(18)13-23-20(26)21(27)24-14-19(17-9-12-28-15-17)25-10-5-1-2-6-11-25/h3-4,7-9,12,15,19H,1-2,5-6,10-11,13-14H2,(H,23,26)(H,24,27). The minimum Gasteiger partial charge on any atom is -0.346 e. The molecule has 1 unspecified atom stereocenters. The molecule has 150 valence electrons. The summed E-state index contributed by atoms with van der Waals surface area (Å²) in [6.45, 7) is 2.70. The van der Waals surface area contributed by atoms with Crippen LogP contribution in [0, 0.1) is 0 Å². The molecule has 1 aliphatic heterocycles. The van der Waals surface area contributed by atoms with Crippen molar-refractivity contribution in [2.24, 2.45) is 0 Å². The van der Waals surface area contributed by atoms with E-state index < -0.39 is 11.8 Å². The largest absolute Gasteiger partial charge is 0.346 e. The Morgan fingerprint density at radius 1 is 1.04 bits per heavy atom. The number of amides is 2. The second-order valence-electron chi connectivity index (χ2n) is 7.01. The van der Waals surface area contributed by atoms with Gasteiger partial charge in [0.1, 0.15) is 0 Å². The zero-order valence-corrected chi connectivity index (χ0v) is 17.4. The first-order valence-corrected chi connectivity index (χ1v) is 11.0. The molecule has 1 aromatic carbocycles. The number of thiophene rings is 1. The van der Waals surface area contributed by atoms with Crippen LogP contribution in [0.2, 0.25) is 5.02 Å². The average Bonchev–Trinajstić information content (AvgIpc) is 3.10. The first kappa shape index (κ1) is 20.8. The molecule has 2 N–H and O–H groups in total. The van der Waals surface area contributed by atoms with Crippen LogP contribution in [-0.2, 0) is 16.1 Å². The lowest BCUT2D eigenvalue weighted by Gasteiger charge is -2.30. The number of nitrogens with zero attached hydrogens (tertiary/aromatic N) is 1. The quantitative estimate of drug-likeness (QED) is 0.701. The molecule has 1 aromatic heterocycles. The van der Waals surface area contributed by atoms with Crippen LogP contribution >= 0.6 is 22.9 Å². The zero-order valence-electron chi connectivity index (χ0n) is 15.8. The molecule has 1 saturated heterocycles.